The first-order valence-corrected chi connectivity index (χ1v) is 5.08. The van der Waals surface area contributed by atoms with Gasteiger partial charge in [-0.25, -0.2) is 9.98 Å². The lowest BCUT2D eigenvalue weighted by Gasteiger charge is -2.11. The number of nitrogens with two attached hydrogens (primary N) is 1. The molecule has 7 nitrogen and oxygen atoms in total. The number of hydrogen-bond donors (Lipinski definition) is 1. The molecule has 7 heteroatoms. The molecular formula is C11H10N4O3. The van der Waals surface area contributed by atoms with Crippen LogP contribution in [0.4, 0.5) is 0 Å². The Morgan fingerprint density at radius 3 is 2.94 bits per heavy atom. The second-order valence-electron chi connectivity index (χ2n) is 3.53. The molecule has 2 heterocycles. The Bertz CT molecular complexity index is 565. The Labute approximate surface area is 102 Å². The Balaban J connectivity index is 2.38. The van der Waals surface area contributed by atoms with E-state index in [4.69, 9.17) is 10.5 Å². The summed E-state index contributed by atoms with van der Waals surface area (Å²) in [5.74, 6) is -2.37. The van der Waals surface area contributed by atoms with Gasteiger partial charge in [0.25, 0.3) is 5.91 Å². The number of dihydropyridines is 1. The third-order valence-corrected chi connectivity index (χ3v) is 2.36. The number of carbonyl (C=O) groups excluding carboxylic acids is 2. The van der Waals surface area contributed by atoms with Crippen molar-refractivity contribution in [2.45, 2.75) is 0 Å². The van der Waals surface area contributed by atoms with E-state index in [0.29, 0.717) is 11.3 Å². The summed E-state index contributed by atoms with van der Waals surface area (Å²) < 4.78 is 4.89. The summed E-state index contributed by atoms with van der Waals surface area (Å²) in [5.41, 5.74) is 6.15. The maximum atomic E-state index is 11.3. The summed E-state index contributed by atoms with van der Waals surface area (Å²) in [4.78, 5) is 34.0. The largest absolute Gasteiger partial charge is 0.467 e. The van der Waals surface area contributed by atoms with E-state index in [2.05, 4.69) is 15.0 Å². The molecule has 0 aromatic carbocycles. The van der Waals surface area contributed by atoms with E-state index in [1.54, 1.807) is 6.07 Å². The topological polar surface area (TPSA) is 108 Å². The van der Waals surface area contributed by atoms with E-state index < -0.39 is 17.7 Å². The van der Waals surface area contributed by atoms with E-state index in [1.807, 2.05) is 0 Å². The van der Waals surface area contributed by atoms with Crippen molar-refractivity contribution in [3.63, 3.8) is 0 Å². The van der Waals surface area contributed by atoms with Crippen molar-refractivity contribution in [2.24, 2.45) is 16.6 Å². The van der Waals surface area contributed by atoms with Crippen molar-refractivity contribution in [2.75, 3.05) is 7.11 Å². The molecule has 1 aliphatic rings. The zero-order valence-electron chi connectivity index (χ0n) is 9.53. The molecule has 0 bridgehead atoms. The van der Waals surface area contributed by atoms with Gasteiger partial charge >= 0.3 is 6.01 Å². The fraction of sp³-hybridized carbons (Fsp3) is 0.182. The average molecular weight is 246 g/mol. The minimum atomic E-state index is -1.05. The third kappa shape index (κ3) is 2.24. The smallest absolute Gasteiger partial charge is 0.316 e. The molecule has 1 aromatic rings. The minimum absolute atomic E-state index is 0.189. The van der Waals surface area contributed by atoms with Gasteiger partial charge in [-0.15, -0.1) is 0 Å². The Hall–Kier alpha value is -2.57. The molecule has 1 aromatic heterocycles. The summed E-state index contributed by atoms with van der Waals surface area (Å²) in [6, 6.07) is 1.81. The van der Waals surface area contributed by atoms with Crippen molar-refractivity contribution in [1.82, 2.24) is 9.97 Å². The van der Waals surface area contributed by atoms with E-state index >= 15 is 0 Å². The Morgan fingerprint density at radius 2 is 2.28 bits per heavy atom. The van der Waals surface area contributed by atoms with Crippen LogP contribution < -0.4 is 10.5 Å². The molecule has 0 aliphatic carbocycles. The average Bonchev–Trinajstić information content (AvgIpc) is 2.39. The van der Waals surface area contributed by atoms with Crippen molar-refractivity contribution < 1.29 is 14.3 Å². The SMILES string of the molecule is COc1nccc(C2=CC(C(N)=O)C(=O)N=C2)n1. The molecule has 1 atom stereocenters. The highest BCUT2D eigenvalue weighted by Gasteiger charge is 2.25. The third-order valence-electron chi connectivity index (χ3n) is 2.36. The number of methoxy groups -OCH3 is 1. The van der Waals surface area contributed by atoms with Crippen LogP contribution >= 0.6 is 0 Å². The predicted octanol–water partition coefficient (Wildman–Crippen LogP) is -0.419. The molecule has 1 aliphatic heterocycles. The quantitative estimate of drug-likeness (QED) is 0.729. The second kappa shape index (κ2) is 4.74. The van der Waals surface area contributed by atoms with Crippen LogP contribution in [0.5, 0.6) is 6.01 Å². The highest BCUT2D eigenvalue weighted by atomic mass is 16.5. The van der Waals surface area contributed by atoms with Crippen LogP contribution in [0.3, 0.4) is 0 Å². The predicted molar refractivity (Wildman–Crippen MR) is 62.7 cm³/mol. The van der Waals surface area contributed by atoms with Crippen LogP contribution in [-0.4, -0.2) is 35.1 Å². The first-order chi connectivity index (χ1) is 8.61. The molecule has 0 saturated heterocycles. The molecule has 0 saturated carbocycles. The second-order valence-corrected chi connectivity index (χ2v) is 3.53. The van der Waals surface area contributed by atoms with Gasteiger partial charge in [-0.05, 0) is 6.07 Å². The number of nitrogens with zero attached hydrogens (tertiary/aromatic N) is 3. The monoisotopic (exact) mass is 246 g/mol. The lowest BCUT2D eigenvalue weighted by Crippen LogP contribution is -2.29. The van der Waals surface area contributed by atoms with Crippen LogP contribution in [0, 0.1) is 5.92 Å². The van der Waals surface area contributed by atoms with Gasteiger partial charge < -0.3 is 10.5 Å². The van der Waals surface area contributed by atoms with Gasteiger partial charge in [-0.3, -0.25) is 9.59 Å². The summed E-state index contributed by atoms with van der Waals surface area (Å²) in [6.45, 7) is 0. The minimum Gasteiger partial charge on any atom is -0.467 e. The van der Waals surface area contributed by atoms with Crippen molar-refractivity contribution in [3.05, 3.63) is 24.0 Å². The molecule has 0 radical (unpaired) electrons. The van der Waals surface area contributed by atoms with E-state index in [9.17, 15) is 9.59 Å². The number of aliphatic imine (C=N–C) groups is 1. The van der Waals surface area contributed by atoms with Gasteiger partial charge in [0, 0.05) is 18.0 Å². The number of hydrogen-bond acceptors (Lipinski definition) is 5. The van der Waals surface area contributed by atoms with Gasteiger partial charge in [0.15, 0.2) is 0 Å². The van der Waals surface area contributed by atoms with Gasteiger partial charge in [0.2, 0.25) is 5.91 Å². The molecule has 2 N–H and O–H groups in total. The van der Waals surface area contributed by atoms with E-state index in [0.717, 1.165) is 0 Å². The van der Waals surface area contributed by atoms with Crippen molar-refractivity contribution >= 4 is 23.6 Å². The first kappa shape index (κ1) is 11.9. The lowest BCUT2D eigenvalue weighted by molar-refractivity contribution is -0.129. The number of primary amides is 1. The molecule has 92 valence electrons. The lowest BCUT2D eigenvalue weighted by atomic mass is 10.0. The van der Waals surface area contributed by atoms with Gasteiger partial charge in [0.05, 0.1) is 12.8 Å². The molecule has 18 heavy (non-hydrogen) atoms. The number of ether oxygens (including phenoxy) is 1. The van der Waals surface area contributed by atoms with Crippen molar-refractivity contribution in [3.8, 4) is 6.01 Å². The zero-order valence-corrected chi connectivity index (χ0v) is 9.53. The Kier molecular flexibility index (Phi) is 3.13. The first-order valence-electron chi connectivity index (χ1n) is 5.08. The van der Waals surface area contributed by atoms with E-state index in [-0.39, 0.29) is 6.01 Å². The summed E-state index contributed by atoms with van der Waals surface area (Å²) in [7, 11) is 1.44. The molecule has 0 spiro atoms. The summed E-state index contributed by atoms with van der Waals surface area (Å²) in [6.07, 6.45) is 4.27. The van der Waals surface area contributed by atoms with Gasteiger partial charge in [-0.1, -0.05) is 6.08 Å². The number of rotatable bonds is 3. The van der Waals surface area contributed by atoms with Crippen molar-refractivity contribution in [1.29, 1.82) is 0 Å². The zero-order chi connectivity index (χ0) is 13.1. The maximum Gasteiger partial charge on any atom is 0.316 e. The number of aromatic nitrogens is 2. The van der Waals surface area contributed by atoms with E-state index in [1.165, 1.54) is 25.6 Å². The number of amides is 2. The van der Waals surface area contributed by atoms with Gasteiger partial charge in [0.1, 0.15) is 5.92 Å². The fourth-order valence-corrected chi connectivity index (χ4v) is 1.46. The molecule has 1 unspecified atom stereocenters. The molecule has 2 rings (SSSR count). The fourth-order valence-electron chi connectivity index (χ4n) is 1.46. The molecule has 2 amide bonds. The maximum absolute atomic E-state index is 11.3. The molecular weight excluding hydrogens is 236 g/mol. The van der Waals surface area contributed by atoms with Gasteiger partial charge in [-0.2, -0.15) is 4.98 Å². The summed E-state index contributed by atoms with van der Waals surface area (Å²) in [5, 5.41) is 0. The normalized spacial score (nSPS) is 18.4. The standard InChI is InChI=1S/C11H10N4O3/c1-18-11-13-3-2-8(15-11)6-4-7(9(12)16)10(17)14-5-6/h2-5,7H,1H3,(H2,12,16). The van der Waals surface area contributed by atoms with Crippen LogP contribution in [0.15, 0.2) is 23.3 Å². The number of allylic oxidation sites excluding steroid dienone is 1. The van der Waals surface area contributed by atoms with Crippen LogP contribution in [0.2, 0.25) is 0 Å². The highest BCUT2D eigenvalue weighted by molar-refractivity contribution is 6.19. The molecule has 0 fully saturated rings. The van der Waals surface area contributed by atoms with Crippen LogP contribution in [-0.2, 0) is 9.59 Å². The Morgan fingerprint density at radius 1 is 1.50 bits per heavy atom. The van der Waals surface area contributed by atoms with Crippen LogP contribution in [0.1, 0.15) is 5.69 Å². The summed E-state index contributed by atoms with van der Waals surface area (Å²) >= 11 is 0. The van der Waals surface area contributed by atoms with Crippen LogP contribution in [0.25, 0.3) is 5.57 Å². The highest BCUT2D eigenvalue weighted by Crippen LogP contribution is 2.19. The number of carbonyl (C=O) groups is 2.